The van der Waals surface area contributed by atoms with Crippen molar-refractivity contribution in [3.8, 4) is 0 Å². The normalized spacial score (nSPS) is 25.1. The maximum absolute atomic E-state index is 12.3. The molecule has 100 valence electrons. The van der Waals surface area contributed by atoms with Gasteiger partial charge in [-0.3, -0.25) is 0 Å². The molecule has 1 aliphatic carbocycles. The molecule has 0 aromatic carbocycles. The SMILES string of the molecule is CN(C1CCC1)S(=O)(=O)N1CCC(CO)CC1. The predicted octanol–water partition coefficient (Wildman–Crippen LogP) is 0.420. The lowest BCUT2D eigenvalue weighted by Gasteiger charge is -2.39. The van der Waals surface area contributed by atoms with Crippen molar-refractivity contribution in [3.05, 3.63) is 0 Å². The lowest BCUT2D eigenvalue weighted by atomic mass is 9.94. The second kappa shape index (κ2) is 5.22. The van der Waals surface area contributed by atoms with E-state index in [2.05, 4.69) is 0 Å². The fraction of sp³-hybridized carbons (Fsp3) is 1.00. The minimum Gasteiger partial charge on any atom is -0.396 e. The number of rotatable bonds is 4. The highest BCUT2D eigenvalue weighted by Gasteiger charge is 2.36. The maximum Gasteiger partial charge on any atom is 0.281 e. The van der Waals surface area contributed by atoms with Gasteiger partial charge in [0.1, 0.15) is 0 Å². The summed E-state index contributed by atoms with van der Waals surface area (Å²) < 4.78 is 27.7. The van der Waals surface area contributed by atoms with E-state index in [1.165, 1.54) is 4.31 Å². The van der Waals surface area contributed by atoms with Crippen molar-refractivity contribution in [2.24, 2.45) is 5.92 Å². The fourth-order valence-electron chi connectivity index (χ4n) is 2.44. The van der Waals surface area contributed by atoms with Crippen molar-refractivity contribution in [1.29, 1.82) is 0 Å². The van der Waals surface area contributed by atoms with Gasteiger partial charge in [0.05, 0.1) is 0 Å². The third kappa shape index (κ3) is 2.65. The van der Waals surface area contributed by atoms with E-state index in [4.69, 9.17) is 5.11 Å². The molecule has 17 heavy (non-hydrogen) atoms. The Hall–Kier alpha value is -0.170. The van der Waals surface area contributed by atoms with E-state index >= 15 is 0 Å². The molecule has 1 N–H and O–H groups in total. The number of piperidine rings is 1. The molecule has 2 rings (SSSR count). The smallest absolute Gasteiger partial charge is 0.281 e. The van der Waals surface area contributed by atoms with Gasteiger partial charge in [-0.2, -0.15) is 17.0 Å². The molecule has 0 amide bonds. The van der Waals surface area contributed by atoms with Crippen molar-refractivity contribution < 1.29 is 13.5 Å². The van der Waals surface area contributed by atoms with Crippen LogP contribution >= 0.6 is 0 Å². The van der Waals surface area contributed by atoms with Crippen LogP contribution in [0.15, 0.2) is 0 Å². The van der Waals surface area contributed by atoms with Crippen molar-refractivity contribution in [2.75, 3.05) is 26.7 Å². The van der Waals surface area contributed by atoms with Crippen LogP contribution in [-0.2, 0) is 10.2 Å². The number of aliphatic hydroxyl groups is 1. The van der Waals surface area contributed by atoms with E-state index in [0.717, 1.165) is 32.1 Å². The Balaban J connectivity index is 1.96. The van der Waals surface area contributed by atoms with E-state index in [1.54, 1.807) is 11.4 Å². The zero-order valence-electron chi connectivity index (χ0n) is 10.4. The first kappa shape index (κ1) is 13.3. The van der Waals surface area contributed by atoms with E-state index < -0.39 is 10.2 Å². The molecule has 1 saturated carbocycles. The van der Waals surface area contributed by atoms with Crippen LogP contribution in [0.3, 0.4) is 0 Å². The first-order valence-electron chi connectivity index (χ1n) is 6.39. The van der Waals surface area contributed by atoms with Gasteiger partial charge >= 0.3 is 0 Å². The molecule has 2 fully saturated rings. The molecule has 5 nitrogen and oxygen atoms in total. The predicted molar refractivity (Wildman–Crippen MR) is 65.7 cm³/mol. The number of hydrogen-bond acceptors (Lipinski definition) is 3. The zero-order chi connectivity index (χ0) is 12.5. The van der Waals surface area contributed by atoms with Crippen LogP contribution in [0.5, 0.6) is 0 Å². The molecular weight excluding hydrogens is 240 g/mol. The lowest BCUT2D eigenvalue weighted by molar-refractivity contribution is 0.161. The molecule has 1 heterocycles. The van der Waals surface area contributed by atoms with Gasteiger partial charge in [0, 0.05) is 32.8 Å². The third-order valence-corrected chi connectivity index (χ3v) is 6.15. The summed E-state index contributed by atoms with van der Waals surface area (Å²) >= 11 is 0. The molecule has 0 atom stereocenters. The molecule has 1 saturated heterocycles. The van der Waals surface area contributed by atoms with Gasteiger partial charge in [0.25, 0.3) is 10.2 Å². The third-order valence-electron chi connectivity index (χ3n) is 4.11. The summed E-state index contributed by atoms with van der Waals surface area (Å²) in [5.41, 5.74) is 0. The molecule has 0 aromatic heterocycles. The van der Waals surface area contributed by atoms with Crippen LogP contribution < -0.4 is 0 Å². The minimum atomic E-state index is -3.27. The quantitative estimate of drug-likeness (QED) is 0.799. The standard InChI is InChI=1S/C11H22N2O3S/c1-12(11-3-2-4-11)17(15,16)13-7-5-10(9-14)6-8-13/h10-11,14H,2-9H2,1H3. The molecule has 0 bridgehead atoms. The van der Waals surface area contributed by atoms with E-state index in [0.29, 0.717) is 13.1 Å². The second-order valence-corrected chi connectivity index (χ2v) is 7.12. The van der Waals surface area contributed by atoms with Gasteiger partial charge in [0.2, 0.25) is 0 Å². The zero-order valence-corrected chi connectivity index (χ0v) is 11.2. The summed E-state index contributed by atoms with van der Waals surface area (Å²) in [5.74, 6) is 0.274. The molecule has 0 spiro atoms. The number of aliphatic hydroxyl groups excluding tert-OH is 1. The second-order valence-electron chi connectivity index (χ2n) is 5.13. The largest absolute Gasteiger partial charge is 0.396 e. The fourth-order valence-corrected chi connectivity index (χ4v) is 4.07. The van der Waals surface area contributed by atoms with Gasteiger partial charge in [-0.05, 0) is 31.6 Å². The van der Waals surface area contributed by atoms with Gasteiger partial charge in [-0.1, -0.05) is 6.42 Å². The molecule has 0 unspecified atom stereocenters. The number of nitrogens with zero attached hydrogens (tertiary/aromatic N) is 2. The average molecular weight is 262 g/mol. The monoisotopic (exact) mass is 262 g/mol. The summed E-state index contributed by atoms with van der Waals surface area (Å²) in [6.45, 7) is 1.27. The van der Waals surface area contributed by atoms with Crippen LogP contribution in [0, 0.1) is 5.92 Å². The van der Waals surface area contributed by atoms with E-state index in [9.17, 15) is 8.42 Å². The molecule has 2 aliphatic rings. The maximum atomic E-state index is 12.3. The summed E-state index contributed by atoms with van der Waals surface area (Å²) in [6, 6.07) is 0.204. The first-order valence-corrected chi connectivity index (χ1v) is 7.79. The highest BCUT2D eigenvalue weighted by Crippen LogP contribution is 2.28. The van der Waals surface area contributed by atoms with Crippen LogP contribution in [-0.4, -0.2) is 54.9 Å². The molecule has 0 aromatic rings. The van der Waals surface area contributed by atoms with Gasteiger partial charge in [-0.25, -0.2) is 0 Å². The lowest BCUT2D eigenvalue weighted by Crippen LogP contribution is -2.51. The van der Waals surface area contributed by atoms with Crippen LogP contribution in [0.25, 0.3) is 0 Å². The minimum absolute atomic E-state index is 0.173. The summed E-state index contributed by atoms with van der Waals surface area (Å²) in [6.07, 6.45) is 4.66. The molecule has 6 heteroatoms. The molecular formula is C11H22N2O3S. The molecule has 0 radical (unpaired) electrons. The van der Waals surface area contributed by atoms with Crippen molar-refractivity contribution >= 4 is 10.2 Å². The van der Waals surface area contributed by atoms with Crippen molar-refractivity contribution in [2.45, 2.75) is 38.1 Å². The number of hydrogen-bond donors (Lipinski definition) is 1. The molecule has 1 aliphatic heterocycles. The topological polar surface area (TPSA) is 60.9 Å². The Kier molecular flexibility index (Phi) is 4.07. The summed E-state index contributed by atoms with van der Waals surface area (Å²) in [7, 11) is -1.58. The first-order chi connectivity index (χ1) is 8.05. The van der Waals surface area contributed by atoms with Crippen molar-refractivity contribution in [1.82, 2.24) is 8.61 Å². The van der Waals surface area contributed by atoms with Gasteiger partial charge in [0.15, 0.2) is 0 Å². The highest BCUT2D eigenvalue weighted by molar-refractivity contribution is 7.86. The Bertz CT molecular complexity index is 346. The Morgan fingerprint density at radius 3 is 2.24 bits per heavy atom. The van der Waals surface area contributed by atoms with Crippen LogP contribution in [0.1, 0.15) is 32.1 Å². The van der Waals surface area contributed by atoms with Gasteiger partial charge < -0.3 is 5.11 Å². The van der Waals surface area contributed by atoms with E-state index in [1.807, 2.05) is 0 Å². The Morgan fingerprint density at radius 2 is 1.82 bits per heavy atom. The highest BCUT2D eigenvalue weighted by atomic mass is 32.2. The van der Waals surface area contributed by atoms with Crippen molar-refractivity contribution in [3.63, 3.8) is 0 Å². The van der Waals surface area contributed by atoms with E-state index in [-0.39, 0.29) is 18.6 Å². The van der Waals surface area contributed by atoms with Crippen LogP contribution in [0.2, 0.25) is 0 Å². The Labute approximate surface area is 104 Å². The average Bonchev–Trinajstić information content (AvgIpc) is 2.27. The van der Waals surface area contributed by atoms with Crippen LogP contribution in [0.4, 0.5) is 0 Å². The van der Waals surface area contributed by atoms with Gasteiger partial charge in [-0.15, -0.1) is 0 Å². The Morgan fingerprint density at radius 1 is 1.24 bits per heavy atom. The summed E-state index contributed by atoms with van der Waals surface area (Å²) in [4.78, 5) is 0. The summed E-state index contributed by atoms with van der Waals surface area (Å²) in [5, 5.41) is 9.05.